The zero-order valence-corrected chi connectivity index (χ0v) is 17.9. The molecular weight excluding hydrogens is 390 g/mol. The van der Waals surface area contributed by atoms with Crippen molar-refractivity contribution in [3.63, 3.8) is 0 Å². The zero-order valence-electron chi connectivity index (χ0n) is 17.9. The molecule has 0 radical (unpaired) electrons. The summed E-state index contributed by atoms with van der Waals surface area (Å²) in [7, 11) is 0. The monoisotopic (exact) mass is 419 g/mol. The lowest BCUT2D eigenvalue weighted by atomic mass is 10.1. The number of furan rings is 1. The standard InChI is InChI=1S/C25H29N3O3/c1-2-30-22-12-10-20(11-13-22)25(29)26-19-23(24-9-6-18-31-24)28-16-14-27(15-17-28)21-7-4-3-5-8-21/h3-13,18,23H,2,14-17,19H2,1H3,(H,26,29)/t23-/m1/s1. The Morgan fingerprint density at radius 3 is 2.39 bits per heavy atom. The van der Waals surface area contributed by atoms with Crippen LogP contribution in [-0.2, 0) is 0 Å². The van der Waals surface area contributed by atoms with Crippen molar-refractivity contribution in [2.45, 2.75) is 13.0 Å². The molecule has 0 unspecified atom stereocenters. The summed E-state index contributed by atoms with van der Waals surface area (Å²) in [4.78, 5) is 17.5. The summed E-state index contributed by atoms with van der Waals surface area (Å²) in [5.41, 5.74) is 1.87. The van der Waals surface area contributed by atoms with E-state index in [9.17, 15) is 4.79 Å². The quantitative estimate of drug-likeness (QED) is 0.599. The van der Waals surface area contributed by atoms with Crippen LogP contribution in [0.1, 0.15) is 29.1 Å². The molecule has 1 aliphatic heterocycles. The molecule has 2 heterocycles. The van der Waals surface area contributed by atoms with Crippen LogP contribution in [0.4, 0.5) is 5.69 Å². The summed E-state index contributed by atoms with van der Waals surface area (Å²) >= 11 is 0. The molecule has 0 saturated carbocycles. The van der Waals surface area contributed by atoms with Gasteiger partial charge in [0.2, 0.25) is 0 Å². The molecule has 0 aliphatic carbocycles. The lowest BCUT2D eigenvalue weighted by Gasteiger charge is -2.39. The second-order valence-corrected chi connectivity index (χ2v) is 7.56. The number of hydrogen-bond donors (Lipinski definition) is 1. The first-order valence-corrected chi connectivity index (χ1v) is 10.8. The average molecular weight is 420 g/mol. The number of benzene rings is 2. The van der Waals surface area contributed by atoms with E-state index in [4.69, 9.17) is 9.15 Å². The van der Waals surface area contributed by atoms with Gasteiger partial charge in [0.25, 0.3) is 5.91 Å². The van der Waals surface area contributed by atoms with E-state index in [2.05, 4.69) is 39.4 Å². The van der Waals surface area contributed by atoms with Crippen LogP contribution in [0, 0.1) is 0 Å². The number of nitrogens with zero attached hydrogens (tertiary/aromatic N) is 2. The Kier molecular flexibility index (Phi) is 6.89. The van der Waals surface area contributed by atoms with Gasteiger partial charge in [-0.2, -0.15) is 0 Å². The van der Waals surface area contributed by atoms with Gasteiger partial charge in [-0.1, -0.05) is 18.2 Å². The Labute approximate surface area is 183 Å². The van der Waals surface area contributed by atoms with Crippen molar-refractivity contribution in [2.24, 2.45) is 0 Å². The number of carbonyl (C=O) groups is 1. The topological polar surface area (TPSA) is 58.0 Å². The predicted octanol–water partition coefficient (Wildman–Crippen LogP) is 3.97. The number of anilines is 1. The first kappa shape index (κ1) is 21.0. The lowest BCUT2D eigenvalue weighted by Crippen LogP contribution is -2.49. The SMILES string of the molecule is CCOc1ccc(C(=O)NC[C@H](c2ccco2)N2CCN(c3ccccc3)CC2)cc1. The molecule has 1 saturated heterocycles. The van der Waals surface area contributed by atoms with Gasteiger partial charge in [-0.3, -0.25) is 9.69 Å². The highest BCUT2D eigenvalue weighted by Gasteiger charge is 2.27. The van der Waals surface area contributed by atoms with Crippen molar-refractivity contribution in [1.82, 2.24) is 10.2 Å². The number of ether oxygens (including phenoxy) is 1. The highest BCUT2D eigenvalue weighted by molar-refractivity contribution is 5.94. The number of hydrogen-bond acceptors (Lipinski definition) is 5. The van der Waals surface area contributed by atoms with Crippen LogP contribution in [0.15, 0.2) is 77.4 Å². The van der Waals surface area contributed by atoms with E-state index in [1.807, 2.05) is 37.3 Å². The van der Waals surface area contributed by atoms with Crippen LogP contribution in [0.3, 0.4) is 0 Å². The van der Waals surface area contributed by atoms with E-state index in [-0.39, 0.29) is 11.9 Å². The summed E-state index contributed by atoms with van der Waals surface area (Å²) in [5.74, 6) is 1.55. The normalized spacial score (nSPS) is 15.5. The maximum absolute atomic E-state index is 12.7. The van der Waals surface area contributed by atoms with Gasteiger partial charge >= 0.3 is 0 Å². The van der Waals surface area contributed by atoms with Crippen molar-refractivity contribution in [1.29, 1.82) is 0 Å². The number of para-hydroxylation sites is 1. The van der Waals surface area contributed by atoms with E-state index in [0.717, 1.165) is 37.7 Å². The van der Waals surface area contributed by atoms with Crippen LogP contribution >= 0.6 is 0 Å². The van der Waals surface area contributed by atoms with Crippen molar-refractivity contribution in [3.8, 4) is 5.75 Å². The summed E-state index contributed by atoms with van der Waals surface area (Å²) in [6.45, 7) is 6.72. The molecule has 0 spiro atoms. The fourth-order valence-corrected chi connectivity index (χ4v) is 3.98. The highest BCUT2D eigenvalue weighted by atomic mass is 16.5. The molecule has 2 aromatic carbocycles. The third-order valence-corrected chi connectivity index (χ3v) is 5.63. The molecule has 6 heteroatoms. The summed E-state index contributed by atoms with van der Waals surface area (Å²) < 4.78 is 11.2. The molecule has 0 bridgehead atoms. The number of amides is 1. The van der Waals surface area contributed by atoms with Crippen molar-refractivity contribution >= 4 is 11.6 Å². The molecule has 1 atom stereocenters. The third-order valence-electron chi connectivity index (χ3n) is 5.63. The second-order valence-electron chi connectivity index (χ2n) is 7.56. The maximum atomic E-state index is 12.7. The minimum Gasteiger partial charge on any atom is -0.494 e. The van der Waals surface area contributed by atoms with Gasteiger partial charge in [0.05, 0.1) is 18.9 Å². The molecule has 1 fully saturated rings. The van der Waals surface area contributed by atoms with E-state index in [0.29, 0.717) is 18.7 Å². The summed E-state index contributed by atoms with van der Waals surface area (Å²) in [6, 6.07) is 21.6. The zero-order chi connectivity index (χ0) is 21.5. The van der Waals surface area contributed by atoms with Gasteiger partial charge < -0.3 is 19.4 Å². The van der Waals surface area contributed by atoms with Crippen molar-refractivity contribution in [2.75, 3.05) is 44.2 Å². The molecule has 1 aliphatic rings. The van der Waals surface area contributed by atoms with Gasteiger partial charge in [0.1, 0.15) is 11.5 Å². The Morgan fingerprint density at radius 2 is 1.74 bits per heavy atom. The lowest BCUT2D eigenvalue weighted by molar-refractivity contribution is 0.0923. The average Bonchev–Trinajstić information content (AvgIpc) is 3.35. The van der Waals surface area contributed by atoms with Crippen molar-refractivity contribution < 1.29 is 13.9 Å². The number of carbonyl (C=O) groups excluding carboxylic acids is 1. The van der Waals surface area contributed by atoms with Crippen molar-refractivity contribution in [3.05, 3.63) is 84.3 Å². The van der Waals surface area contributed by atoms with Crippen LogP contribution in [0.2, 0.25) is 0 Å². The number of rotatable bonds is 8. The Hall–Kier alpha value is -3.25. The van der Waals surface area contributed by atoms with E-state index in [1.165, 1.54) is 5.69 Å². The van der Waals surface area contributed by atoms with Crippen LogP contribution < -0.4 is 15.0 Å². The number of piperazine rings is 1. The summed E-state index contributed by atoms with van der Waals surface area (Å²) in [6.07, 6.45) is 1.69. The largest absolute Gasteiger partial charge is 0.494 e. The van der Waals surface area contributed by atoms with Gasteiger partial charge in [-0.15, -0.1) is 0 Å². The minimum absolute atomic E-state index is 0.000397. The Bertz CT molecular complexity index is 934. The molecule has 3 aromatic rings. The van der Waals surface area contributed by atoms with Gasteiger partial charge in [0, 0.05) is 44.0 Å². The minimum atomic E-state index is -0.0949. The Morgan fingerprint density at radius 1 is 1.00 bits per heavy atom. The van der Waals surface area contributed by atoms with Gasteiger partial charge in [-0.05, 0) is 55.5 Å². The fraction of sp³-hybridized carbons (Fsp3) is 0.320. The summed E-state index contributed by atoms with van der Waals surface area (Å²) in [5, 5.41) is 3.08. The van der Waals surface area contributed by atoms with Crippen LogP contribution in [-0.4, -0.2) is 50.1 Å². The molecule has 31 heavy (non-hydrogen) atoms. The number of nitrogens with one attached hydrogen (secondary N) is 1. The smallest absolute Gasteiger partial charge is 0.251 e. The van der Waals surface area contributed by atoms with E-state index >= 15 is 0 Å². The molecule has 6 nitrogen and oxygen atoms in total. The predicted molar refractivity (Wildman–Crippen MR) is 122 cm³/mol. The molecule has 1 aromatic heterocycles. The van der Waals surface area contributed by atoms with Crippen LogP contribution in [0.5, 0.6) is 5.75 Å². The first-order valence-electron chi connectivity index (χ1n) is 10.8. The van der Waals surface area contributed by atoms with Gasteiger partial charge in [0.15, 0.2) is 0 Å². The maximum Gasteiger partial charge on any atom is 0.251 e. The van der Waals surface area contributed by atoms with E-state index in [1.54, 1.807) is 18.4 Å². The third kappa shape index (κ3) is 5.27. The Balaban J connectivity index is 1.38. The van der Waals surface area contributed by atoms with E-state index < -0.39 is 0 Å². The molecular formula is C25H29N3O3. The first-order chi connectivity index (χ1) is 15.2. The van der Waals surface area contributed by atoms with Gasteiger partial charge in [-0.25, -0.2) is 0 Å². The fourth-order valence-electron chi connectivity index (χ4n) is 3.98. The van der Waals surface area contributed by atoms with Crippen LogP contribution in [0.25, 0.3) is 0 Å². The second kappa shape index (κ2) is 10.2. The molecule has 1 N–H and O–H groups in total. The molecule has 1 amide bonds. The molecule has 162 valence electrons. The molecule has 4 rings (SSSR count). The highest BCUT2D eigenvalue weighted by Crippen LogP contribution is 2.24.